The minimum absolute atomic E-state index is 0.0822. The highest BCUT2D eigenvalue weighted by atomic mass is 16.7. The lowest BCUT2D eigenvalue weighted by Gasteiger charge is -2.71. The first-order valence-corrected chi connectivity index (χ1v) is 20.8. The highest BCUT2D eigenvalue weighted by Gasteiger charge is 2.70. The normalized spacial score (nSPS) is 51.5. The molecule has 0 bridgehead atoms. The van der Waals surface area contributed by atoms with Crippen molar-refractivity contribution in [2.24, 2.45) is 50.2 Å². The maximum Gasteiger partial charge on any atom is 0.335 e. The summed E-state index contributed by atoms with van der Waals surface area (Å²) in [5, 5.41) is 82.1. The molecular formula is C42H64O15. The van der Waals surface area contributed by atoms with E-state index >= 15 is 0 Å². The minimum Gasteiger partial charge on any atom is -0.479 e. The van der Waals surface area contributed by atoms with E-state index in [0.29, 0.717) is 25.7 Å². The van der Waals surface area contributed by atoms with E-state index in [9.17, 15) is 55.2 Å². The van der Waals surface area contributed by atoms with Crippen LogP contribution in [0.1, 0.15) is 113 Å². The Morgan fingerprint density at radius 2 is 1.23 bits per heavy atom. The highest BCUT2D eigenvalue weighted by molar-refractivity contribution is 5.79. The molecular weight excluding hydrogens is 744 g/mol. The molecule has 0 spiro atoms. The molecule has 18 atom stereocenters. The van der Waals surface area contributed by atoms with Crippen LogP contribution in [-0.2, 0) is 33.3 Å². The fourth-order valence-electron chi connectivity index (χ4n) is 13.5. The molecule has 15 nitrogen and oxygen atoms in total. The number of carbonyl (C=O) groups excluding carboxylic acids is 1. The molecule has 7 rings (SSSR count). The van der Waals surface area contributed by atoms with Gasteiger partial charge in [-0.3, -0.25) is 4.79 Å². The summed E-state index contributed by atoms with van der Waals surface area (Å²) in [6, 6.07) is 0. The topological polar surface area (TPSA) is 250 Å². The minimum atomic E-state index is -1.90. The van der Waals surface area contributed by atoms with Crippen molar-refractivity contribution in [2.45, 2.75) is 180 Å². The Labute approximate surface area is 333 Å². The van der Waals surface area contributed by atoms with Gasteiger partial charge in [-0.1, -0.05) is 60.1 Å². The summed E-state index contributed by atoms with van der Waals surface area (Å²) >= 11 is 0. The van der Waals surface area contributed by atoms with Crippen molar-refractivity contribution >= 4 is 17.9 Å². The van der Waals surface area contributed by atoms with Crippen LogP contribution in [0.3, 0.4) is 0 Å². The lowest BCUT2D eigenvalue weighted by atomic mass is 9.33. The third kappa shape index (κ3) is 6.35. The quantitative estimate of drug-likeness (QED) is 0.109. The number of aliphatic hydroxyl groups is 6. The Kier molecular flexibility index (Phi) is 10.7. The molecule has 8 N–H and O–H groups in total. The molecule has 2 heterocycles. The second-order valence-corrected chi connectivity index (χ2v) is 20.7. The van der Waals surface area contributed by atoms with Crippen molar-refractivity contribution in [3.63, 3.8) is 0 Å². The molecule has 7 aliphatic rings. The molecule has 322 valence electrons. The standard InChI is InChI=1S/C42H64O15/c1-37(2)14-16-42(36(53)57-35-29(48)25(44)27(46)31(56-35)33(51)52)17-15-40(6)19(20(42)18-37)8-9-22-39(5)12-11-23(38(3,4)21(39)10-13-41(22,40)7)54-34-28(47)24(43)26(45)30(55-34)32(49)50/h8,20-31,34-35,43-48H,9-18H2,1-7H3,(H,49,50)(H,51,52)/t20?,21?,22?,23-,24-,25-,26-,27-,28+,29+,30-,31-,34+,35-,39-,40+,41+,42-/m0/s1. The van der Waals surface area contributed by atoms with Crippen molar-refractivity contribution < 1.29 is 74.2 Å². The van der Waals surface area contributed by atoms with Crippen LogP contribution in [-0.4, -0.2) is 126 Å². The summed E-state index contributed by atoms with van der Waals surface area (Å²) in [5.41, 5.74) is -0.790. The van der Waals surface area contributed by atoms with Crippen molar-refractivity contribution in [2.75, 3.05) is 0 Å². The number of carboxylic acid groups (broad SMARTS) is 2. The molecule has 0 amide bonds. The number of hydrogen-bond acceptors (Lipinski definition) is 13. The Balaban J connectivity index is 1.16. The predicted molar refractivity (Wildman–Crippen MR) is 199 cm³/mol. The van der Waals surface area contributed by atoms with E-state index in [1.807, 2.05) is 0 Å². The van der Waals surface area contributed by atoms with Crippen molar-refractivity contribution in [1.82, 2.24) is 0 Å². The number of esters is 1. The maximum absolute atomic E-state index is 14.6. The first-order valence-electron chi connectivity index (χ1n) is 20.8. The highest BCUT2D eigenvalue weighted by Crippen LogP contribution is 2.76. The van der Waals surface area contributed by atoms with E-state index in [1.165, 1.54) is 5.57 Å². The number of aliphatic hydroxyl groups excluding tert-OH is 6. The molecule has 15 heteroatoms. The van der Waals surface area contributed by atoms with E-state index in [4.69, 9.17) is 18.9 Å². The summed E-state index contributed by atoms with van der Waals surface area (Å²) in [6.07, 6.45) is -8.42. The van der Waals surface area contributed by atoms with Gasteiger partial charge in [-0.25, -0.2) is 9.59 Å². The number of fused-ring (bicyclic) bond motifs is 7. The smallest absolute Gasteiger partial charge is 0.335 e. The Morgan fingerprint density at radius 1 is 0.667 bits per heavy atom. The zero-order valence-corrected chi connectivity index (χ0v) is 34.2. The van der Waals surface area contributed by atoms with Crippen LogP contribution < -0.4 is 0 Å². The van der Waals surface area contributed by atoms with Crippen molar-refractivity contribution in [3.8, 4) is 0 Å². The van der Waals surface area contributed by atoms with Gasteiger partial charge >= 0.3 is 17.9 Å². The molecule has 6 fully saturated rings. The second-order valence-electron chi connectivity index (χ2n) is 20.7. The van der Waals surface area contributed by atoms with Crippen LogP contribution in [0.2, 0.25) is 0 Å². The van der Waals surface area contributed by atoms with Crippen LogP contribution in [0.15, 0.2) is 11.6 Å². The first-order chi connectivity index (χ1) is 26.4. The van der Waals surface area contributed by atoms with Crippen LogP contribution in [0.4, 0.5) is 0 Å². The van der Waals surface area contributed by atoms with E-state index in [0.717, 1.165) is 38.5 Å². The summed E-state index contributed by atoms with van der Waals surface area (Å²) in [7, 11) is 0. The number of rotatable bonds is 6. The Morgan fingerprint density at radius 3 is 1.82 bits per heavy atom. The molecule has 2 saturated heterocycles. The largest absolute Gasteiger partial charge is 0.479 e. The van der Waals surface area contributed by atoms with Gasteiger partial charge in [0.25, 0.3) is 0 Å². The van der Waals surface area contributed by atoms with Crippen LogP contribution in [0.5, 0.6) is 0 Å². The third-order valence-corrected chi connectivity index (χ3v) is 17.1. The SMILES string of the molecule is CC1(C)CC[C@]2(C(=O)O[C@@H]3O[C@H](C(=O)O)[C@@H](O)[C@H](O)[C@H]3O)CC[C@]3(C)C(=CCC4[C@@]5(C)CC[C@H](O[C@@H]6O[C@H](C(=O)O)[C@@H](O)[C@H](O)[C@H]6O)C(C)(C)C5CC[C@]43C)C2C1. The van der Waals surface area contributed by atoms with Gasteiger partial charge in [-0.05, 0) is 109 Å². The molecule has 0 aromatic rings. The summed E-state index contributed by atoms with van der Waals surface area (Å²) in [4.78, 5) is 38.2. The van der Waals surface area contributed by atoms with Gasteiger partial charge in [0.2, 0.25) is 6.29 Å². The number of aliphatic carboxylic acids is 2. The lowest BCUT2D eigenvalue weighted by molar-refractivity contribution is -0.324. The predicted octanol–water partition coefficient (Wildman–Crippen LogP) is 2.50. The van der Waals surface area contributed by atoms with Gasteiger partial charge in [0, 0.05) is 0 Å². The van der Waals surface area contributed by atoms with Gasteiger partial charge in [0.1, 0.15) is 36.6 Å². The van der Waals surface area contributed by atoms with Crippen molar-refractivity contribution in [1.29, 1.82) is 0 Å². The molecule has 5 aliphatic carbocycles. The number of carbonyl (C=O) groups is 3. The number of carboxylic acids is 2. The molecule has 3 unspecified atom stereocenters. The average molecular weight is 809 g/mol. The second kappa shape index (κ2) is 14.2. The molecule has 0 aromatic carbocycles. The lowest BCUT2D eigenvalue weighted by Crippen LogP contribution is -2.66. The average Bonchev–Trinajstić information content (AvgIpc) is 3.12. The Hall–Kier alpha value is -2.21. The van der Waals surface area contributed by atoms with Crippen molar-refractivity contribution in [3.05, 3.63) is 11.6 Å². The van der Waals surface area contributed by atoms with Gasteiger partial charge < -0.3 is 59.8 Å². The fraction of sp³-hybridized carbons (Fsp3) is 0.881. The molecule has 4 saturated carbocycles. The zero-order valence-electron chi connectivity index (χ0n) is 34.2. The van der Waals surface area contributed by atoms with E-state index in [2.05, 4.69) is 54.5 Å². The van der Waals surface area contributed by atoms with E-state index in [-0.39, 0.29) is 39.4 Å². The third-order valence-electron chi connectivity index (χ3n) is 17.1. The number of hydrogen-bond donors (Lipinski definition) is 8. The first kappa shape index (κ1) is 42.9. The van der Waals surface area contributed by atoms with Crippen LogP contribution in [0, 0.1) is 50.2 Å². The molecule has 0 aromatic heterocycles. The number of allylic oxidation sites excluding steroid dienone is 2. The van der Waals surface area contributed by atoms with E-state index < -0.39 is 96.3 Å². The molecule has 0 radical (unpaired) electrons. The van der Waals surface area contributed by atoms with E-state index in [1.54, 1.807) is 0 Å². The van der Waals surface area contributed by atoms with Gasteiger partial charge in [-0.15, -0.1) is 0 Å². The van der Waals surface area contributed by atoms with Crippen LogP contribution in [0.25, 0.3) is 0 Å². The summed E-state index contributed by atoms with van der Waals surface area (Å²) in [5.74, 6) is -3.33. The molecule has 2 aliphatic heterocycles. The van der Waals surface area contributed by atoms with Gasteiger partial charge in [0.15, 0.2) is 18.5 Å². The maximum atomic E-state index is 14.6. The Bertz CT molecular complexity index is 1650. The number of ether oxygens (including phenoxy) is 4. The monoisotopic (exact) mass is 808 g/mol. The molecule has 57 heavy (non-hydrogen) atoms. The van der Waals surface area contributed by atoms with Gasteiger partial charge in [0.05, 0.1) is 11.5 Å². The van der Waals surface area contributed by atoms with Crippen LogP contribution >= 0.6 is 0 Å². The summed E-state index contributed by atoms with van der Waals surface area (Å²) in [6.45, 7) is 15.9. The van der Waals surface area contributed by atoms with Gasteiger partial charge in [-0.2, -0.15) is 0 Å². The fourth-order valence-corrected chi connectivity index (χ4v) is 13.5. The zero-order chi connectivity index (χ0) is 42.0. The summed E-state index contributed by atoms with van der Waals surface area (Å²) < 4.78 is 23.2.